The van der Waals surface area contributed by atoms with E-state index in [0.29, 0.717) is 12.3 Å². The van der Waals surface area contributed by atoms with Crippen LogP contribution < -0.4 is 15.3 Å². The zero-order valence-electron chi connectivity index (χ0n) is 23.2. The van der Waals surface area contributed by atoms with Crippen LogP contribution in [0.1, 0.15) is 64.0 Å². The van der Waals surface area contributed by atoms with E-state index in [-0.39, 0.29) is 11.7 Å². The number of allylic oxidation sites excluding steroid dienone is 2. The molecular weight excluding hydrogens is 466 g/mol. The molecule has 0 amide bonds. The highest BCUT2D eigenvalue weighted by Crippen LogP contribution is 2.23. The van der Waals surface area contributed by atoms with E-state index >= 15 is 0 Å². The van der Waals surface area contributed by atoms with Crippen molar-refractivity contribution in [2.75, 3.05) is 0 Å². The maximum absolute atomic E-state index is 11.7. The number of ether oxygens (including phenoxy) is 1. The molecule has 4 rings (SSSR count). The van der Waals surface area contributed by atoms with Crippen LogP contribution in [0.25, 0.3) is 11.3 Å². The summed E-state index contributed by atoms with van der Waals surface area (Å²) in [4.78, 5) is 11.7. The molecule has 1 heterocycles. The Labute approximate surface area is 227 Å². The average Bonchev–Trinajstić information content (AvgIpc) is 3.30. The van der Waals surface area contributed by atoms with E-state index in [1.165, 1.54) is 33.3 Å². The molecule has 0 bridgehead atoms. The van der Waals surface area contributed by atoms with Gasteiger partial charge in [0.05, 0.1) is 5.35 Å². The highest BCUT2D eigenvalue weighted by molar-refractivity contribution is 5.88. The molecule has 0 fully saturated rings. The minimum Gasteiger partial charge on any atom is -0.459 e. The Balaban J connectivity index is 1.62. The van der Waals surface area contributed by atoms with Gasteiger partial charge in [0, 0.05) is 30.3 Å². The Morgan fingerprint density at radius 2 is 1.79 bits per heavy atom. The molecule has 0 radical (unpaired) electrons. The van der Waals surface area contributed by atoms with Gasteiger partial charge in [-0.15, -0.1) is 0 Å². The fourth-order valence-electron chi connectivity index (χ4n) is 5.35. The van der Waals surface area contributed by atoms with E-state index in [2.05, 4.69) is 111 Å². The van der Waals surface area contributed by atoms with Gasteiger partial charge in [-0.1, -0.05) is 81.5 Å². The SMILES string of the molecule is C=CC(=O)CCCC(CCC)Cn1ccc2c1=C(Oc1ccc(Cc3ccccc3)cc1)C(C)C=CC=2C. The first-order valence-electron chi connectivity index (χ1n) is 14.0. The third kappa shape index (κ3) is 7.04. The lowest BCUT2D eigenvalue weighted by Crippen LogP contribution is -2.36. The molecule has 3 nitrogen and oxygen atoms in total. The van der Waals surface area contributed by atoms with Crippen molar-refractivity contribution in [1.29, 1.82) is 0 Å². The highest BCUT2D eigenvalue weighted by Gasteiger charge is 2.18. The summed E-state index contributed by atoms with van der Waals surface area (Å²) in [5, 5.41) is 2.41. The van der Waals surface area contributed by atoms with Gasteiger partial charge in [0.15, 0.2) is 5.78 Å². The summed E-state index contributed by atoms with van der Waals surface area (Å²) in [6, 6.07) is 21.3. The number of aromatic nitrogens is 1. The molecule has 2 unspecified atom stereocenters. The van der Waals surface area contributed by atoms with Crippen LogP contribution in [0.4, 0.5) is 0 Å². The average molecular weight is 508 g/mol. The van der Waals surface area contributed by atoms with Crippen LogP contribution in [0, 0.1) is 11.8 Å². The second kappa shape index (κ2) is 13.3. The Bertz CT molecular complexity index is 1380. The van der Waals surface area contributed by atoms with Crippen molar-refractivity contribution in [2.45, 2.75) is 65.8 Å². The smallest absolute Gasteiger partial charge is 0.155 e. The van der Waals surface area contributed by atoms with Gasteiger partial charge in [-0.2, -0.15) is 0 Å². The van der Waals surface area contributed by atoms with Crippen molar-refractivity contribution < 1.29 is 9.53 Å². The Hall–Kier alpha value is -3.59. The predicted octanol–water partition coefficient (Wildman–Crippen LogP) is 6.98. The van der Waals surface area contributed by atoms with Crippen molar-refractivity contribution in [3.05, 3.63) is 113 Å². The number of hydrogen-bond acceptors (Lipinski definition) is 2. The Morgan fingerprint density at radius 3 is 2.50 bits per heavy atom. The molecule has 0 saturated heterocycles. The lowest BCUT2D eigenvalue weighted by molar-refractivity contribution is -0.114. The molecule has 3 heteroatoms. The van der Waals surface area contributed by atoms with Gasteiger partial charge in [0.1, 0.15) is 11.5 Å². The van der Waals surface area contributed by atoms with E-state index in [4.69, 9.17) is 4.74 Å². The van der Waals surface area contributed by atoms with Gasteiger partial charge in [-0.3, -0.25) is 4.79 Å². The molecule has 38 heavy (non-hydrogen) atoms. The Kier molecular flexibility index (Phi) is 9.59. The highest BCUT2D eigenvalue weighted by atomic mass is 16.5. The molecule has 0 aliphatic heterocycles. The maximum Gasteiger partial charge on any atom is 0.155 e. The summed E-state index contributed by atoms with van der Waals surface area (Å²) >= 11 is 0. The first-order valence-corrected chi connectivity index (χ1v) is 14.0. The molecular formula is C35H41NO2. The molecule has 0 spiro atoms. The number of carbonyl (C=O) groups excluding carboxylic acids is 1. The van der Waals surface area contributed by atoms with Crippen molar-refractivity contribution in [2.24, 2.45) is 11.8 Å². The fraction of sp³-hybridized carbons (Fsp3) is 0.343. The zero-order valence-corrected chi connectivity index (χ0v) is 23.2. The van der Waals surface area contributed by atoms with Crippen LogP contribution in [-0.2, 0) is 17.8 Å². The van der Waals surface area contributed by atoms with E-state index in [1.54, 1.807) is 0 Å². The molecule has 1 aliphatic rings. The van der Waals surface area contributed by atoms with Gasteiger partial charge in [0.25, 0.3) is 0 Å². The van der Waals surface area contributed by atoms with Gasteiger partial charge < -0.3 is 9.30 Å². The van der Waals surface area contributed by atoms with Gasteiger partial charge in [0.2, 0.25) is 0 Å². The maximum atomic E-state index is 11.7. The predicted molar refractivity (Wildman–Crippen MR) is 158 cm³/mol. The molecule has 2 aromatic carbocycles. The fourth-order valence-corrected chi connectivity index (χ4v) is 5.35. The number of carbonyl (C=O) groups is 1. The summed E-state index contributed by atoms with van der Waals surface area (Å²) in [7, 11) is 0. The van der Waals surface area contributed by atoms with Crippen LogP contribution in [0.5, 0.6) is 5.75 Å². The third-order valence-electron chi connectivity index (χ3n) is 7.49. The number of ketones is 1. The summed E-state index contributed by atoms with van der Waals surface area (Å²) < 4.78 is 9.06. The first-order chi connectivity index (χ1) is 18.5. The summed E-state index contributed by atoms with van der Waals surface area (Å²) in [5.41, 5.74) is 3.83. The molecule has 0 saturated carbocycles. The van der Waals surface area contributed by atoms with Crippen LogP contribution in [-0.4, -0.2) is 10.4 Å². The number of fused-ring (bicyclic) bond motifs is 1. The summed E-state index contributed by atoms with van der Waals surface area (Å²) in [6.07, 6.45) is 13.8. The minimum atomic E-state index is 0.138. The largest absolute Gasteiger partial charge is 0.459 e. The third-order valence-corrected chi connectivity index (χ3v) is 7.49. The quantitative estimate of drug-likeness (QED) is 0.234. The van der Waals surface area contributed by atoms with Crippen LogP contribution >= 0.6 is 0 Å². The monoisotopic (exact) mass is 507 g/mol. The molecule has 2 atom stereocenters. The number of benzene rings is 2. The van der Waals surface area contributed by atoms with Gasteiger partial charge in [-0.25, -0.2) is 0 Å². The standard InChI is InChI=1S/C35H41NO2/c1-5-11-30(14-10-15-31(37)6-2)25-36-23-22-33-26(3)16-17-27(4)35(34(33)36)38-32-20-18-29(19-21-32)24-28-12-8-7-9-13-28/h6-9,12-13,16-23,27,30H,2,5,10-11,14-15,24-25H2,1,3-4H3. The molecule has 3 aromatic rings. The van der Waals surface area contributed by atoms with Crippen LogP contribution in [0.3, 0.4) is 0 Å². The van der Waals surface area contributed by atoms with Gasteiger partial charge >= 0.3 is 0 Å². The van der Waals surface area contributed by atoms with E-state index in [1.807, 2.05) is 0 Å². The van der Waals surface area contributed by atoms with E-state index < -0.39 is 0 Å². The molecule has 0 N–H and O–H groups in total. The minimum absolute atomic E-state index is 0.138. The number of rotatable bonds is 13. The lowest BCUT2D eigenvalue weighted by atomic mass is 9.96. The molecule has 1 aliphatic carbocycles. The van der Waals surface area contributed by atoms with E-state index in [0.717, 1.165) is 50.2 Å². The summed E-state index contributed by atoms with van der Waals surface area (Å²) in [6.45, 7) is 11.2. The van der Waals surface area contributed by atoms with Crippen molar-refractivity contribution in [1.82, 2.24) is 4.57 Å². The molecule has 198 valence electrons. The Morgan fingerprint density at radius 1 is 1.05 bits per heavy atom. The van der Waals surface area contributed by atoms with Crippen LogP contribution in [0.2, 0.25) is 0 Å². The zero-order chi connectivity index (χ0) is 26.9. The second-order valence-corrected chi connectivity index (χ2v) is 10.6. The molecule has 1 aromatic heterocycles. The van der Waals surface area contributed by atoms with Crippen LogP contribution in [0.15, 0.2) is 91.7 Å². The summed E-state index contributed by atoms with van der Waals surface area (Å²) in [5.74, 6) is 2.66. The number of hydrogen-bond donors (Lipinski definition) is 0. The van der Waals surface area contributed by atoms with E-state index in [9.17, 15) is 4.79 Å². The lowest BCUT2D eigenvalue weighted by Gasteiger charge is -2.19. The number of nitrogens with zero attached hydrogens (tertiary/aromatic N) is 1. The second-order valence-electron chi connectivity index (χ2n) is 10.6. The van der Waals surface area contributed by atoms with Crippen molar-refractivity contribution >= 4 is 17.1 Å². The first kappa shape index (κ1) is 27.4. The normalized spacial score (nSPS) is 15.6. The topological polar surface area (TPSA) is 31.2 Å². The van der Waals surface area contributed by atoms with Crippen molar-refractivity contribution in [3.63, 3.8) is 0 Å². The van der Waals surface area contributed by atoms with Gasteiger partial charge in [-0.05, 0) is 79.5 Å². The van der Waals surface area contributed by atoms with Crippen molar-refractivity contribution in [3.8, 4) is 5.75 Å².